The molecule has 23 heavy (non-hydrogen) atoms. The number of aromatic nitrogens is 6. The number of nitrogens with zero attached hydrogens (tertiary/aromatic N) is 6. The Morgan fingerprint density at radius 3 is 3.17 bits per heavy atom. The number of pyridine rings is 1. The predicted molar refractivity (Wildman–Crippen MR) is 86.6 cm³/mol. The molecule has 3 aromatic heterocycles. The van der Waals surface area contributed by atoms with E-state index in [1.807, 2.05) is 33.6 Å². The summed E-state index contributed by atoms with van der Waals surface area (Å²) in [6.45, 7) is 1.54. The van der Waals surface area contributed by atoms with E-state index in [4.69, 9.17) is 16.3 Å². The molecule has 1 aliphatic heterocycles. The largest absolute Gasteiger partial charge is 0.376 e. The fraction of sp³-hybridized carbons (Fsp3) is 0.429. The molecule has 4 rings (SSSR count). The molecule has 4 heterocycles. The lowest BCUT2D eigenvalue weighted by molar-refractivity contribution is 0.0912. The van der Waals surface area contributed by atoms with Crippen molar-refractivity contribution in [2.75, 3.05) is 6.61 Å². The molecule has 1 fully saturated rings. The van der Waals surface area contributed by atoms with Gasteiger partial charge in [0, 0.05) is 24.8 Å². The van der Waals surface area contributed by atoms with Gasteiger partial charge in [0.25, 0.3) is 0 Å². The van der Waals surface area contributed by atoms with Crippen LogP contribution in [0.15, 0.2) is 29.7 Å². The summed E-state index contributed by atoms with van der Waals surface area (Å²) in [5, 5.41) is 13.4. The molecule has 0 bridgehead atoms. The highest BCUT2D eigenvalue weighted by atomic mass is 35.5. The van der Waals surface area contributed by atoms with E-state index in [-0.39, 0.29) is 6.10 Å². The Kier molecular flexibility index (Phi) is 4.19. The van der Waals surface area contributed by atoms with E-state index in [0.717, 1.165) is 35.9 Å². The van der Waals surface area contributed by atoms with Crippen molar-refractivity contribution in [1.82, 2.24) is 29.6 Å². The Balaban J connectivity index is 1.44. The van der Waals surface area contributed by atoms with Crippen LogP contribution in [0.3, 0.4) is 0 Å². The van der Waals surface area contributed by atoms with Crippen LogP contribution in [0.4, 0.5) is 0 Å². The molecule has 9 heteroatoms. The van der Waals surface area contributed by atoms with Crippen molar-refractivity contribution < 1.29 is 4.74 Å². The van der Waals surface area contributed by atoms with Gasteiger partial charge in [0.15, 0.2) is 0 Å². The van der Waals surface area contributed by atoms with E-state index in [9.17, 15) is 0 Å². The quantitative estimate of drug-likeness (QED) is 0.658. The number of fused-ring (bicyclic) bond motifs is 1. The van der Waals surface area contributed by atoms with Crippen molar-refractivity contribution >= 4 is 29.0 Å². The van der Waals surface area contributed by atoms with E-state index in [1.54, 1.807) is 11.8 Å². The molecule has 1 aliphatic rings. The van der Waals surface area contributed by atoms with Crippen molar-refractivity contribution in [2.24, 2.45) is 0 Å². The Morgan fingerprint density at radius 2 is 2.30 bits per heavy atom. The molecular formula is C14H15ClN6OS. The number of hydrogen-bond donors (Lipinski definition) is 0. The van der Waals surface area contributed by atoms with Crippen LogP contribution in [0.5, 0.6) is 0 Å². The monoisotopic (exact) mass is 350 g/mol. The van der Waals surface area contributed by atoms with Crippen molar-refractivity contribution in [3.05, 3.63) is 35.2 Å². The van der Waals surface area contributed by atoms with Crippen molar-refractivity contribution in [3.63, 3.8) is 0 Å². The van der Waals surface area contributed by atoms with Gasteiger partial charge in [0.2, 0.25) is 5.16 Å². The third-order valence-electron chi connectivity index (χ3n) is 3.71. The molecule has 0 aliphatic carbocycles. The van der Waals surface area contributed by atoms with Crippen molar-refractivity contribution in [3.8, 4) is 0 Å². The number of rotatable bonds is 5. The van der Waals surface area contributed by atoms with Crippen molar-refractivity contribution in [1.29, 1.82) is 0 Å². The third-order valence-corrected chi connectivity index (χ3v) is 4.93. The highest BCUT2D eigenvalue weighted by Gasteiger charge is 2.19. The zero-order chi connectivity index (χ0) is 15.6. The summed E-state index contributed by atoms with van der Waals surface area (Å²) in [6, 6.07) is 3.74. The highest BCUT2D eigenvalue weighted by molar-refractivity contribution is 7.98. The molecule has 0 spiro atoms. The minimum Gasteiger partial charge on any atom is -0.376 e. The van der Waals surface area contributed by atoms with Gasteiger partial charge in [0.05, 0.1) is 23.4 Å². The second-order valence-electron chi connectivity index (χ2n) is 5.41. The summed E-state index contributed by atoms with van der Waals surface area (Å²) in [5.74, 6) is 0.700. The van der Waals surface area contributed by atoms with Gasteiger partial charge in [-0.25, -0.2) is 9.67 Å². The predicted octanol–water partition coefficient (Wildman–Crippen LogP) is 2.45. The van der Waals surface area contributed by atoms with Crippen LogP contribution in [0.25, 0.3) is 5.65 Å². The van der Waals surface area contributed by atoms with E-state index in [2.05, 4.69) is 20.5 Å². The standard InChI is InChI=1S/C14H15ClN6OS/c15-10-3-4-13-16-11(7-20(13)6-10)9-23-14-17-18-19-21(14)8-12-2-1-5-22-12/h3-4,6-7,12H,1-2,5,8-9H2/t12-/m0/s1. The Morgan fingerprint density at radius 1 is 1.35 bits per heavy atom. The molecule has 1 atom stereocenters. The SMILES string of the molecule is Clc1ccc2nc(CSc3nnnn3C[C@@H]3CCCO3)cn2c1. The lowest BCUT2D eigenvalue weighted by Gasteiger charge is -2.09. The second-order valence-corrected chi connectivity index (χ2v) is 6.79. The number of imidazole rings is 1. The van der Waals surface area contributed by atoms with E-state index in [0.29, 0.717) is 17.3 Å². The fourth-order valence-electron chi connectivity index (χ4n) is 2.62. The van der Waals surface area contributed by atoms with Crippen LogP contribution in [0.2, 0.25) is 5.02 Å². The molecule has 0 radical (unpaired) electrons. The summed E-state index contributed by atoms with van der Waals surface area (Å²) in [4.78, 5) is 4.57. The van der Waals surface area contributed by atoms with Gasteiger partial charge >= 0.3 is 0 Å². The Hall–Kier alpha value is -1.64. The van der Waals surface area contributed by atoms with Crippen LogP contribution in [0.1, 0.15) is 18.5 Å². The Bertz CT molecular complexity index is 813. The molecule has 1 saturated heterocycles. The molecular weight excluding hydrogens is 336 g/mol. The average Bonchev–Trinajstić information content (AvgIpc) is 3.26. The average molecular weight is 351 g/mol. The first-order valence-electron chi connectivity index (χ1n) is 7.41. The summed E-state index contributed by atoms with van der Waals surface area (Å²) in [7, 11) is 0. The molecule has 0 N–H and O–H groups in total. The number of thioether (sulfide) groups is 1. The van der Waals surface area contributed by atoms with Gasteiger partial charge in [0.1, 0.15) is 5.65 Å². The van der Waals surface area contributed by atoms with Crippen LogP contribution >= 0.6 is 23.4 Å². The van der Waals surface area contributed by atoms with Crippen LogP contribution in [0, 0.1) is 0 Å². The molecule has 0 aromatic carbocycles. The summed E-state index contributed by atoms with van der Waals surface area (Å²) in [6.07, 6.45) is 6.22. The highest BCUT2D eigenvalue weighted by Crippen LogP contribution is 2.22. The van der Waals surface area contributed by atoms with Crippen LogP contribution in [-0.4, -0.2) is 42.3 Å². The van der Waals surface area contributed by atoms with E-state index in [1.165, 1.54) is 0 Å². The molecule has 120 valence electrons. The van der Waals surface area contributed by atoms with Crippen LogP contribution in [-0.2, 0) is 17.0 Å². The molecule has 7 nitrogen and oxygen atoms in total. The fourth-order valence-corrected chi connectivity index (χ4v) is 3.56. The maximum Gasteiger partial charge on any atom is 0.209 e. The molecule has 0 amide bonds. The van der Waals surface area contributed by atoms with Gasteiger partial charge < -0.3 is 9.14 Å². The summed E-state index contributed by atoms with van der Waals surface area (Å²) >= 11 is 7.56. The van der Waals surface area contributed by atoms with Crippen LogP contribution < -0.4 is 0 Å². The van der Waals surface area contributed by atoms with E-state index < -0.39 is 0 Å². The lowest BCUT2D eigenvalue weighted by Crippen LogP contribution is -2.16. The second kappa shape index (κ2) is 6.46. The van der Waals surface area contributed by atoms with Crippen molar-refractivity contribution in [2.45, 2.75) is 36.4 Å². The number of ether oxygens (including phenoxy) is 1. The van der Waals surface area contributed by atoms with Gasteiger partial charge in [-0.2, -0.15) is 0 Å². The number of hydrogen-bond acceptors (Lipinski definition) is 6. The lowest BCUT2D eigenvalue weighted by atomic mass is 10.2. The molecule has 0 saturated carbocycles. The zero-order valence-electron chi connectivity index (χ0n) is 12.3. The van der Waals surface area contributed by atoms with Gasteiger partial charge in [-0.1, -0.05) is 23.4 Å². The first kappa shape index (κ1) is 14.9. The normalized spacial score (nSPS) is 18.0. The van der Waals surface area contributed by atoms with E-state index >= 15 is 0 Å². The summed E-state index contributed by atoms with van der Waals surface area (Å²) in [5.41, 5.74) is 1.84. The number of tetrazole rings is 1. The Labute approximate surface area is 142 Å². The van der Waals surface area contributed by atoms with Gasteiger partial charge in [-0.3, -0.25) is 0 Å². The topological polar surface area (TPSA) is 70.1 Å². The van der Waals surface area contributed by atoms with Gasteiger partial charge in [-0.15, -0.1) is 5.10 Å². The number of halogens is 1. The zero-order valence-corrected chi connectivity index (χ0v) is 13.9. The third kappa shape index (κ3) is 3.34. The maximum atomic E-state index is 5.99. The smallest absolute Gasteiger partial charge is 0.209 e. The first-order chi connectivity index (χ1) is 11.3. The first-order valence-corrected chi connectivity index (χ1v) is 8.78. The minimum absolute atomic E-state index is 0.218. The maximum absolute atomic E-state index is 5.99. The molecule has 0 unspecified atom stereocenters. The van der Waals surface area contributed by atoms with Gasteiger partial charge in [-0.05, 0) is 35.4 Å². The molecule has 3 aromatic rings. The summed E-state index contributed by atoms with van der Waals surface area (Å²) < 4.78 is 9.38. The minimum atomic E-state index is 0.218.